The number of imidazole rings is 1. The van der Waals surface area contributed by atoms with Crippen LogP contribution in [0, 0.1) is 0 Å². The van der Waals surface area contributed by atoms with Gasteiger partial charge in [0.2, 0.25) is 0 Å². The summed E-state index contributed by atoms with van der Waals surface area (Å²) in [5, 5.41) is 26.1. The Morgan fingerprint density at radius 2 is 1.85 bits per heavy atom. The highest BCUT2D eigenvalue weighted by Gasteiger charge is 2.33. The minimum atomic E-state index is -0.851. The number of aromatic nitrogens is 9. The highest BCUT2D eigenvalue weighted by atomic mass is 16.3. The molecule has 1 aliphatic rings. The fraction of sp³-hybridized carbons (Fsp3) is 0.367. The summed E-state index contributed by atoms with van der Waals surface area (Å²) in [5.41, 5.74) is 7.07. The molecule has 1 saturated carbocycles. The lowest BCUT2D eigenvalue weighted by Gasteiger charge is -2.16. The van der Waals surface area contributed by atoms with Crippen molar-refractivity contribution >= 4 is 21.9 Å². The van der Waals surface area contributed by atoms with Crippen molar-refractivity contribution in [3.05, 3.63) is 60.4 Å². The van der Waals surface area contributed by atoms with Gasteiger partial charge in [-0.25, -0.2) is 14.6 Å². The van der Waals surface area contributed by atoms with Crippen molar-refractivity contribution < 1.29 is 5.11 Å². The number of fused-ring (bicyclic) bond motifs is 2. The average molecular weight is 536 g/mol. The molecule has 0 atom stereocenters. The summed E-state index contributed by atoms with van der Waals surface area (Å²) in [4.78, 5) is 10.2. The maximum Gasteiger partial charge on any atom is 0.181 e. The first-order valence-electron chi connectivity index (χ1n) is 13.8. The number of nitrogens with zero attached hydrogens (tertiary/aromatic N) is 9. The summed E-state index contributed by atoms with van der Waals surface area (Å²) in [7, 11) is 4.06. The zero-order valence-electron chi connectivity index (χ0n) is 23.5. The number of hydrogen-bond acceptors (Lipinski definition) is 6. The summed E-state index contributed by atoms with van der Waals surface area (Å²) < 4.78 is 7.69. The maximum atomic E-state index is 10.2. The summed E-state index contributed by atoms with van der Waals surface area (Å²) in [6.07, 6.45) is 10.9. The van der Waals surface area contributed by atoms with E-state index in [0.29, 0.717) is 12.5 Å². The fourth-order valence-corrected chi connectivity index (χ4v) is 5.68. The molecule has 1 aliphatic carbocycles. The molecule has 1 fully saturated rings. The molecule has 0 amide bonds. The normalized spacial score (nSPS) is 14.2. The molecule has 0 spiro atoms. The van der Waals surface area contributed by atoms with Crippen molar-refractivity contribution in [3.8, 4) is 28.3 Å². The van der Waals surface area contributed by atoms with Gasteiger partial charge in [0.05, 0.1) is 41.4 Å². The van der Waals surface area contributed by atoms with E-state index in [4.69, 9.17) is 15.1 Å². The lowest BCUT2D eigenvalue weighted by molar-refractivity contribution is 0.0577. The monoisotopic (exact) mass is 535 g/mol. The van der Waals surface area contributed by atoms with Crippen LogP contribution in [0.3, 0.4) is 0 Å². The number of aryl methyl sites for hydroxylation is 2. The predicted octanol–water partition coefficient (Wildman–Crippen LogP) is 4.78. The van der Waals surface area contributed by atoms with E-state index in [9.17, 15) is 5.11 Å². The molecule has 0 radical (unpaired) electrons. The second-order valence-electron chi connectivity index (χ2n) is 11.6. The van der Waals surface area contributed by atoms with Gasteiger partial charge >= 0.3 is 0 Å². The molecular formula is C30H33N9O. The summed E-state index contributed by atoms with van der Waals surface area (Å²) in [6.45, 7) is 6.08. The Morgan fingerprint density at radius 3 is 2.60 bits per heavy atom. The molecule has 7 rings (SSSR count). The van der Waals surface area contributed by atoms with E-state index in [1.54, 1.807) is 24.7 Å². The topological polar surface area (TPSA) is 104 Å². The van der Waals surface area contributed by atoms with Gasteiger partial charge in [-0.15, -0.1) is 0 Å². The molecule has 40 heavy (non-hydrogen) atoms. The summed E-state index contributed by atoms with van der Waals surface area (Å²) in [5.74, 6) is 1.43. The van der Waals surface area contributed by atoms with E-state index < -0.39 is 5.60 Å². The second kappa shape index (κ2) is 8.85. The van der Waals surface area contributed by atoms with Crippen LogP contribution >= 0.6 is 0 Å². The molecular weight excluding hydrogens is 502 g/mol. The largest absolute Gasteiger partial charge is 0.389 e. The Balaban J connectivity index is 1.37. The van der Waals surface area contributed by atoms with E-state index >= 15 is 0 Å². The first kappa shape index (κ1) is 24.7. The van der Waals surface area contributed by atoms with Crippen LogP contribution in [-0.2, 0) is 27.1 Å². The molecule has 0 aliphatic heterocycles. The molecule has 10 heteroatoms. The third-order valence-corrected chi connectivity index (χ3v) is 7.61. The SMILES string of the molecule is CCc1nc2nn(C)cc2cc1-c1nc(-c2cccc3nn(-c4cnn(CC(C)(C)O)c4)cc23)c(C2CC2)n1C. The zero-order valence-corrected chi connectivity index (χ0v) is 23.5. The van der Waals surface area contributed by atoms with Gasteiger partial charge in [0.1, 0.15) is 11.5 Å². The fourth-order valence-electron chi connectivity index (χ4n) is 5.68. The molecule has 204 valence electrons. The molecule has 0 bridgehead atoms. The molecule has 0 saturated heterocycles. The van der Waals surface area contributed by atoms with Crippen LogP contribution in [0.2, 0.25) is 0 Å². The second-order valence-corrected chi connectivity index (χ2v) is 11.6. The minimum Gasteiger partial charge on any atom is -0.389 e. The summed E-state index contributed by atoms with van der Waals surface area (Å²) >= 11 is 0. The third-order valence-electron chi connectivity index (χ3n) is 7.61. The average Bonchev–Trinajstić information content (AvgIpc) is 3.21. The van der Waals surface area contributed by atoms with Crippen LogP contribution in [0.15, 0.2) is 49.1 Å². The van der Waals surface area contributed by atoms with Crippen LogP contribution in [0.25, 0.3) is 50.3 Å². The molecule has 0 unspecified atom stereocenters. The van der Waals surface area contributed by atoms with Gasteiger partial charge in [-0.2, -0.15) is 15.3 Å². The van der Waals surface area contributed by atoms with Crippen LogP contribution in [0.1, 0.15) is 50.9 Å². The van der Waals surface area contributed by atoms with Crippen molar-refractivity contribution in [2.24, 2.45) is 14.1 Å². The van der Waals surface area contributed by atoms with Crippen molar-refractivity contribution in [3.63, 3.8) is 0 Å². The number of pyridine rings is 1. The smallest absolute Gasteiger partial charge is 0.181 e. The lowest BCUT2D eigenvalue weighted by atomic mass is 10.0. The van der Waals surface area contributed by atoms with E-state index in [-0.39, 0.29) is 0 Å². The van der Waals surface area contributed by atoms with Gasteiger partial charge in [-0.3, -0.25) is 9.36 Å². The van der Waals surface area contributed by atoms with Crippen molar-refractivity contribution in [2.75, 3.05) is 0 Å². The molecule has 6 aromatic rings. The first-order chi connectivity index (χ1) is 19.2. The van der Waals surface area contributed by atoms with Gasteiger partial charge in [-0.05, 0) is 45.2 Å². The van der Waals surface area contributed by atoms with E-state index in [2.05, 4.69) is 53.1 Å². The number of rotatable bonds is 7. The summed E-state index contributed by atoms with van der Waals surface area (Å²) in [6, 6.07) is 8.42. The zero-order chi connectivity index (χ0) is 27.8. The Bertz CT molecular complexity index is 1890. The lowest BCUT2D eigenvalue weighted by Crippen LogP contribution is -2.26. The molecule has 10 nitrogen and oxygen atoms in total. The molecule has 1 N–H and O–H groups in total. The number of benzene rings is 1. The number of hydrogen-bond donors (Lipinski definition) is 1. The predicted molar refractivity (Wildman–Crippen MR) is 154 cm³/mol. The van der Waals surface area contributed by atoms with Gasteiger partial charge < -0.3 is 9.67 Å². The van der Waals surface area contributed by atoms with Gasteiger partial charge in [0.15, 0.2) is 5.65 Å². The third kappa shape index (κ3) is 4.19. The van der Waals surface area contributed by atoms with Gasteiger partial charge in [-0.1, -0.05) is 19.1 Å². The van der Waals surface area contributed by atoms with Crippen LogP contribution in [0.5, 0.6) is 0 Å². The Hall–Kier alpha value is -4.31. The Labute approximate surface area is 231 Å². The number of aliphatic hydroxyl groups is 1. The van der Waals surface area contributed by atoms with Crippen LogP contribution < -0.4 is 0 Å². The Morgan fingerprint density at radius 1 is 1.02 bits per heavy atom. The minimum absolute atomic E-state index is 0.403. The van der Waals surface area contributed by atoms with Gasteiger partial charge in [0.25, 0.3) is 0 Å². The first-order valence-corrected chi connectivity index (χ1v) is 13.8. The van der Waals surface area contributed by atoms with Crippen LogP contribution in [0.4, 0.5) is 0 Å². The highest BCUT2D eigenvalue weighted by Crippen LogP contribution is 2.47. The Kier molecular flexibility index (Phi) is 5.47. The standard InChI is InChI=1S/C30H33N9O/c1-6-24-22(12-19-14-36(4)35-28(19)32-24)29-33-26(27(37(29)5)18-10-11-18)21-8-7-9-25-23(21)16-39(34-25)20-13-31-38(15-20)17-30(2,3)40/h7-9,12-16,18,40H,6,10-11,17H2,1-5H3. The maximum absolute atomic E-state index is 10.2. The van der Waals surface area contributed by atoms with Crippen molar-refractivity contribution in [2.45, 2.75) is 58.1 Å². The molecule has 1 aromatic carbocycles. The van der Waals surface area contributed by atoms with Crippen molar-refractivity contribution in [1.82, 2.24) is 43.9 Å². The molecule has 5 aromatic heterocycles. The van der Waals surface area contributed by atoms with Gasteiger partial charge in [0, 0.05) is 60.0 Å². The van der Waals surface area contributed by atoms with Crippen molar-refractivity contribution in [1.29, 1.82) is 0 Å². The van der Waals surface area contributed by atoms with E-state index in [1.807, 2.05) is 34.9 Å². The quantitative estimate of drug-likeness (QED) is 0.315. The van der Waals surface area contributed by atoms with E-state index in [0.717, 1.165) is 62.4 Å². The van der Waals surface area contributed by atoms with E-state index in [1.165, 1.54) is 18.5 Å². The van der Waals surface area contributed by atoms with Crippen LogP contribution in [-0.4, -0.2) is 54.6 Å². The molecule has 5 heterocycles. The highest BCUT2D eigenvalue weighted by molar-refractivity contribution is 5.95.